The highest BCUT2D eigenvalue weighted by molar-refractivity contribution is 5.36. The molecule has 1 aromatic carbocycles. The van der Waals surface area contributed by atoms with Gasteiger partial charge in [-0.15, -0.1) is 0 Å². The minimum absolute atomic E-state index is 0.0694. The van der Waals surface area contributed by atoms with Crippen LogP contribution in [0, 0.1) is 11.6 Å². The molecule has 4 nitrogen and oxygen atoms in total. The summed E-state index contributed by atoms with van der Waals surface area (Å²) in [5.74, 6) is -1.90. The number of carbonyl (C=O) groups is 1. The monoisotopic (exact) mass is 290 g/mol. The first kappa shape index (κ1) is 18.3. The van der Waals surface area contributed by atoms with E-state index in [2.05, 4.69) is 16.4 Å². The SMILES string of the molecule is CC1CCCO1.COC=O.COc1cccc(F)c1F. The van der Waals surface area contributed by atoms with E-state index >= 15 is 0 Å². The molecule has 6 heteroatoms. The van der Waals surface area contributed by atoms with E-state index in [1.165, 1.54) is 39.2 Å². The molecule has 1 aliphatic heterocycles. The molecule has 0 saturated carbocycles. The Kier molecular flexibility index (Phi) is 10.2. The van der Waals surface area contributed by atoms with Crippen LogP contribution in [0.2, 0.25) is 0 Å². The molecule has 2 rings (SSSR count). The van der Waals surface area contributed by atoms with E-state index in [4.69, 9.17) is 9.53 Å². The van der Waals surface area contributed by atoms with Crippen molar-refractivity contribution in [2.45, 2.75) is 25.9 Å². The van der Waals surface area contributed by atoms with Crippen LogP contribution in [-0.4, -0.2) is 33.4 Å². The Labute approximate surface area is 117 Å². The van der Waals surface area contributed by atoms with Gasteiger partial charge in [-0.1, -0.05) is 6.07 Å². The third kappa shape index (κ3) is 7.68. The zero-order chi connectivity index (χ0) is 15.4. The maximum absolute atomic E-state index is 12.5. The molecule has 0 bridgehead atoms. The molecular weight excluding hydrogens is 270 g/mol. The molecular formula is C14H20F2O4. The van der Waals surface area contributed by atoms with Crippen molar-refractivity contribution in [2.75, 3.05) is 20.8 Å². The molecule has 1 aliphatic rings. The Morgan fingerprint density at radius 2 is 2.00 bits per heavy atom. The van der Waals surface area contributed by atoms with Crippen LogP contribution >= 0.6 is 0 Å². The van der Waals surface area contributed by atoms with Crippen molar-refractivity contribution >= 4 is 6.47 Å². The molecule has 1 unspecified atom stereocenters. The van der Waals surface area contributed by atoms with Crippen LogP contribution in [0.15, 0.2) is 18.2 Å². The second-order valence-corrected chi connectivity index (χ2v) is 3.91. The van der Waals surface area contributed by atoms with Crippen LogP contribution in [0.5, 0.6) is 5.75 Å². The normalized spacial score (nSPS) is 16.1. The molecule has 114 valence electrons. The van der Waals surface area contributed by atoms with Crippen LogP contribution in [-0.2, 0) is 14.3 Å². The summed E-state index contributed by atoms with van der Waals surface area (Å²) < 4.78 is 38.3. The van der Waals surface area contributed by atoms with Gasteiger partial charge in [0.1, 0.15) is 0 Å². The molecule has 0 spiro atoms. The molecule has 20 heavy (non-hydrogen) atoms. The van der Waals surface area contributed by atoms with Gasteiger partial charge in [-0.2, -0.15) is 4.39 Å². The largest absolute Gasteiger partial charge is 0.494 e. The van der Waals surface area contributed by atoms with Crippen LogP contribution in [0.1, 0.15) is 19.8 Å². The summed E-state index contributed by atoms with van der Waals surface area (Å²) in [5.41, 5.74) is 0. The molecule has 0 amide bonds. The lowest BCUT2D eigenvalue weighted by Gasteiger charge is -1.99. The first-order valence-electron chi connectivity index (χ1n) is 6.12. The predicted octanol–water partition coefficient (Wildman–Crippen LogP) is 2.95. The Balaban J connectivity index is 0.000000307. The average Bonchev–Trinajstić information content (AvgIpc) is 2.94. The van der Waals surface area contributed by atoms with Gasteiger partial charge < -0.3 is 14.2 Å². The van der Waals surface area contributed by atoms with Crippen LogP contribution in [0.4, 0.5) is 8.78 Å². The number of benzene rings is 1. The number of carbonyl (C=O) groups excluding carboxylic acids is 1. The fourth-order valence-electron chi connectivity index (χ4n) is 1.38. The minimum atomic E-state index is -0.940. The molecule has 1 atom stereocenters. The Hall–Kier alpha value is -1.69. The highest BCUT2D eigenvalue weighted by atomic mass is 19.2. The second kappa shape index (κ2) is 11.2. The first-order chi connectivity index (χ1) is 9.56. The topological polar surface area (TPSA) is 44.8 Å². The lowest BCUT2D eigenvalue weighted by Crippen LogP contribution is -1.94. The van der Waals surface area contributed by atoms with Gasteiger partial charge in [0.2, 0.25) is 5.82 Å². The summed E-state index contributed by atoms with van der Waals surface area (Å²) in [4.78, 5) is 8.95. The summed E-state index contributed by atoms with van der Waals surface area (Å²) >= 11 is 0. The summed E-state index contributed by atoms with van der Waals surface area (Å²) in [6.07, 6.45) is 3.08. The van der Waals surface area contributed by atoms with E-state index in [1.54, 1.807) is 0 Å². The number of rotatable bonds is 2. The van der Waals surface area contributed by atoms with Crippen LogP contribution in [0.25, 0.3) is 0 Å². The van der Waals surface area contributed by atoms with Crippen LogP contribution in [0.3, 0.4) is 0 Å². The lowest BCUT2D eigenvalue weighted by atomic mass is 10.3. The second-order valence-electron chi connectivity index (χ2n) is 3.91. The van der Waals surface area contributed by atoms with E-state index < -0.39 is 11.6 Å². The van der Waals surface area contributed by atoms with Crippen molar-refractivity contribution in [2.24, 2.45) is 0 Å². The molecule has 1 heterocycles. The van der Waals surface area contributed by atoms with E-state index in [1.807, 2.05) is 0 Å². The molecule has 1 saturated heterocycles. The third-order valence-electron chi connectivity index (χ3n) is 2.39. The quantitative estimate of drug-likeness (QED) is 0.786. The summed E-state index contributed by atoms with van der Waals surface area (Å²) in [7, 11) is 2.60. The smallest absolute Gasteiger partial charge is 0.292 e. The van der Waals surface area contributed by atoms with E-state index in [0.29, 0.717) is 12.6 Å². The van der Waals surface area contributed by atoms with Crippen molar-refractivity contribution in [3.05, 3.63) is 29.8 Å². The molecule has 0 aliphatic carbocycles. The lowest BCUT2D eigenvalue weighted by molar-refractivity contribution is -0.126. The van der Waals surface area contributed by atoms with Gasteiger partial charge >= 0.3 is 0 Å². The van der Waals surface area contributed by atoms with Gasteiger partial charge in [-0.25, -0.2) is 4.39 Å². The van der Waals surface area contributed by atoms with Crippen molar-refractivity contribution < 1.29 is 27.8 Å². The average molecular weight is 290 g/mol. The first-order valence-corrected chi connectivity index (χ1v) is 6.12. The Morgan fingerprint density at radius 1 is 1.35 bits per heavy atom. The van der Waals surface area contributed by atoms with Crippen molar-refractivity contribution in [1.29, 1.82) is 0 Å². The third-order valence-corrected chi connectivity index (χ3v) is 2.39. The van der Waals surface area contributed by atoms with Gasteiger partial charge in [0.05, 0.1) is 20.3 Å². The van der Waals surface area contributed by atoms with Crippen molar-refractivity contribution in [1.82, 2.24) is 0 Å². The highest BCUT2D eigenvalue weighted by Crippen LogP contribution is 2.17. The number of halogens is 2. The maximum Gasteiger partial charge on any atom is 0.292 e. The highest BCUT2D eigenvalue weighted by Gasteiger charge is 2.07. The van der Waals surface area contributed by atoms with Gasteiger partial charge in [-0.05, 0) is 31.9 Å². The van der Waals surface area contributed by atoms with Gasteiger partial charge in [-0.3, -0.25) is 4.79 Å². The van der Waals surface area contributed by atoms with Crippen molar-refractivity contribution in [3.63, 3.8) is 0 Å². The number of hydrogen-bond donors (Lipinski definition) is 0. The number of hydrogen-bond acceptors (Lipinski definition) is 4. The summed E-state index contributed by atoms with van der Waals surface area (Å²) in [5, 5.41) is 0. The molecule has 1 aromatic rings. The minimum Gasteiger partial charge on any atom is -0.494 e. The zero-order valence-electron chi connectivity index (χ0n) is 11.9. The molecule has 0 N–H and O–H groups in total. The van der Waals surface area contributed by atoms with Gasteiger partial charge in [0.15, 0.2) is 11.6 Å². The van der Waals surface area contributed by atoms with E-state index in [9.17, 15) is 8.78 Å². The standard InChI is InChI=1S/C7H6F2O.C5H10O.C2H4O2/c1-10-6-4-2-3-5(8)7(6)9;1-5-3-2-4-6-5;1-4-2-3/h2-4H,1H3;5H,2-4H2,1H3;2H,1H3. The molecule has 1 fully saturated rings. The van der Waals surface area contributed by atoms with E-state index in [0.717, 1.165) is 12.7 Å². The van der Waals surface area contributed by atoms with Gasteiger partial charge in [0.25, 0.3) is 6.47 Å². The number of ether oxygens (including phenoxy) is 3. The summed E-state index contributed by atoms with van der Waals surface area (Å²) in [6, 6.07) is 3.79. The Bertz CT molecular complexity index is 379. The summed E-state index contributed by atoms with van der Waals surface area (Å²) in [6.45, 7) is 3.48. The van der Waals surface area contributed by atoms with Crippen molar-refractivity contribution in [3.8, 4) is 5.75 Å². The fraction of sp³-hybridized carbons (Fsp3) is 0.500. The number of methoxy groups -OCH3 is 2. The van der Waals surface area contributed by atoms with E-state index in [-0.39, 0.29) is 5.75 Å². The van der Waals surface area contributed by atoms with Gasteiger partial charge in [0, 0.05) is 6.61 Å². The maximum atomic E-state index is 12.5. The fourth-order valence-corrected chi connectivity index (χ4v) is 1.38. The Morgan fingerprint density at radius 3 is 2.30 bits per heavy atom. The molecule has 0 aromatic heterocycles. The molecule has 0 radical (unpaired) electrons. The predicted molar refractivity (Wildman–Crippen MR) is 70.6 cm³/mol. The van der Waals surface area contributed by atoms with Crippen LogP contribution < -0.4 is 4.74 Å². The zero-order valence-corrected chi connectivity index (χ0v) is 11.9.